The summed E-state index contributed by atoms with van der Waals surface area (Å²) in [5.74, 6) is 0.796. The molecule has 1 aromatic carbocycles. The van der Waals surface area contributed by atoms with Gasteiger partial charge >= 0.3 is 6.09 Å². The van der Waals surface area contributed by atoms with Crippen molar-refractivity contribution in [3.8, 4) is 17.0 Å². The van der Waals surface area contributed by atoms with Crippen LogP contribution in [0.15, 0.2) is 30.5 Å². The first-order valence-corrected chi connectivity index (χ1v) is 11.3. The van der Waals surface area contributed by atoms with Gasteiger partial charge in [-0.2, -0.15) is 5.10 Å². The standard InChI is InChI=1S/C23H28N4O4S/c1-22(2,3)31-21(28)25-20-24-18-16-13-27(12-14-6-8-15(30-5)9-7-14)26-19(16)23(4,29)11-10-17(18)32-20/h6-9,13,29H,10-12H2,1-5H3,(H,24,25,28). The summed E-state index contributed by atoms with van der Waals surface area (Å²) in [7, 11) is 1.64. The van der Waals surface area contributed by atoms with Crippen LogP contribution in [0.25, 0.3) is 11.3 Å². The average molecular weight is 457 g/mol. The molecule has 170 valence electrons. The van der Waals surface area contributed by atoms with Crippen LogP contribution >= 0.6 is 11.3 Å². The van der Waals surface area contributed by atoms with Crippen LogP contribution in [0.5, 0.6) is 5.75 Å². The van der Waals surface area contributed by atoms with Crippen molar-refractivity contribution in [1.29, 1.82) is 0 Å². The van der Waals surface area contributed by atoms with Gasteiger partial charge in [0.25, 0.3) is 0 Å². The van der Waals surface area contributed by atoms with Crippen LogP contribution in [0.4, 0.5) is 9.93 Å². The summed E-state index contributed by atoms with van der Waals surface area (Å²) in [4.78, 5) is 17.8. The Morgan fingerprint density at radius 3 is 2.69 bits per heavy atom. The molecule has 0 radical (unpaired) electrons. The van der Waals surface area contributed by atoms with Crippen LogP contribution in [0, 0.1) is 0 Å². The second-order valence-electron chi connectivity index (χ2n) is 9.13. The van der Waals surface area contributed by atoms with Gasteiger partial charge in [0.15, 0.2) is 5.13 Å². The van der Waals surface area contributed by atoms with Crippen molar-refractivity contribution in [2.75, 3.05) is 12.4 Å². The molecular formula is C23H28N4O4S. The van der Waals surface area contributed by atoms with Crippen LogP contribution < -0.4 is 10.1 Å². The van der Waals surface area contributed by atoms with Crippen LogP contribution in [0.2, 0.25) is 0 Å². The van der Waals surface area contributed by atoms with E-state index < -0.39 is 17.3 Å². The molecule has 1 unspecified atom stereocenters. The lowest BCUT2D eigenvalue weighted by Gasteiger charge is -2.20. The number of carbonyl (C=O) groups is 1. The number of rotatable bonds is 4. The fraction of sp³-hybridized carbons (Fsp3) is 0.435. The van der Waals surface area contributed by atoms with Crippen molar-refractivity contribution in [3.05, 3.63) is 46.6 Å². The predicted molar refractivity (Wildman–Crippen MR) is 123 cm³/mol. The normalized spacial score (nSPS) is 17.8. The number of aryl methyl sites for hydroxylation is 1. The number of hydrogen-bond donors (Lipinski definition) is 2. The van der Waals surface area contributed by atoms with E-state index in [0.29, 0.717) is 30.2 Å². The zero-order valence-electron chi connectivity index (χ0n) is 18.9. The molecule has 4 rings (SSSR count). The minimum Gasteiger partial charge on any atom is -0.497 e. The number of carbonyl (C=O) groups excluding carboxylic acids is 1. The summed E-state index contributed by atoms with van der Waals surface area (Å²) in [6, 6.07) is 7.79. The van der Waals surface area contributed by atoms with Gasteiger partial charge in [0.2, 0.25) is 0 Å². The van der Waals surface area contributed by atoms with Gasteiger partial charge in [-0.05, 0) is 58.2 Å². The van der Waals surface area contributed by atoms with Crippen LogP contribution in [-0.4, -0.2) is 38.7 Å². The monoisotopic (exact) mass is 456 g/mol. The van der Waals surface area contributed by atoms with Gasteiger partial charge in [-0.3, -0.25) is 10.00 Å². The summed E-state index contributed by atoms with van der Waals surface area (Å²) in [6.45, 7) is 7.78. The van der Waals surface area contributed by atoms with E-state index >= 15 is 0 Å². The first-order valence-electron chi connectivity index (χ1n) is 10.5. The molecule has 1 atom stereocenters. The number of benzene rings is 1. The maximum Gasteiger partial charge on any atom is 0.413 e. The quantitative estimate of drug-likeness (QED) is 0.597. The fourth-order valence-corrected chi connectivity index (χ4v) is 4.60. The number of nitrogens with zero attached hydrogens (tertiary/aromatic N) is 3. The van der Waals surface area contributed by atoms with E-state index in [4.69, 9.17) is 14.6 Å². The molecule has 0 saturated carbocycles. The van der Waals surface area contributed by atoms with E-state index in [0.717, 1.165) is 27.4 Å². The van der Waals surface area contributed by atoms with Crippen molar-refractivity contribution in [2.45, 2.75) is 58.3 Å². The van der Waals surface area contributed by atoms with Crippen LogP contribution in [-0.2, 0) is 23.3 Å². The third kappa shape index (κ3) is 4.78. The maximum absolute atomic E-state index is 12.2. The molecule has 8 nitrogen and oxygen atoms in total. The van der Waals surface area contributed by atoms with Gasteiger partial charge in [0.05, 0.1) is 19.3 Å². The molecular weight excluding hydrogens is 428 g/mol. The third-order valence-electron chi connectivity index (χ3n) is 5.17. The van der Waals surface area contributed by atoms with Crippen molar-refractivity contribution >= 4 is 22.6 Å². The van der Waals surface area contributed by atoms with Gasteiger partial charge < -0.3 is 14.6 Å². The largest absolute Gasteiger partial charge is 0.497 e. The van der Waals surface area contributed by atoms with Gasteiger partial charge in [0.1, 0.15) is 22.6 Å². The van der Waals surface area contributed by atoms with E-state index in [1.54, 1.807) is 14.0 Å². The minimum absolute atomic E-state index is 0.472. The van der Waals surface area contributed by atoms with Crippen LogP contribution in [0.1, 0.15) is 50.3 Å². The Morgan fingerprint density at radius 2 is 2.03 bits per heavy atom. The molecule has 3 aromatic rings. The van der Waals surface area contributed by atoms with Gasteiger partial charge in [0, 0.05) is 16.6 Å². The van der Waals surface area contributed by atoms with E-state index in [-0.39, 0.29) is 0 Å². The van der Waals surface area contributed by atoms with Crippen molar-refractivity contribution in [1.82, 2.24) is 14.8 Å². The number of thiazole rings is 1. The van der Waals surface area contributed by atoms with E-state index in [2.05, 4.69) is 10.3 Å². The molecule has 1 aliphatic carbocycles. The topological polar surface area (TPSA) is 98.5 Å². The molecule has 0 saturated heterocycles. The molecule has 2 N–H and O–H groups in total. The molecule has 0 bridgehead atoms. The Labute approximate surface area is 191 Å². The number of anilines is 1. The maximum atomic E-state index is 12.2. The highest BCUT2D eigenvalue weighted by Gasteiger charge is 2.35. The zero-order chi connectivity index (χ0) is 23.1. The zero-order valence-corrected chi connectivity index (χ0v) is 19.7. The Morgan fingerprint density at radius 1 is 1.31 bits per heavy atom. The highest BCUT2D eigenvalue weighted by Crippen LogP contribution is 2.42. The Bertz CT molecular complexity index is 1130. The fourth-order valence-electron chi connectivity index (χ4n) is 3.64. The highest BCUT2D eigenvalue weighted by molar-refractivity contribution is 7.16. The Balaban J connectivity index is 1.64. The average Bonchev–Trinajstić information content (AvgIpc) is 3.27. The summed E-state index contributed by atoms with van der Waals surface area (Å²) >= 11 is 1.40. The lowest BCUT2D eigenvalue weighted by atomic mass is 9.96. The van der Waals surface area contributed by atoms with Crippen molar-refractivity contribution < 1.29 is 19.4 Å². The molecule has 2 heterocycles. The molecule has 1 amide bonds. The third-order valence-corrected chi connectivity index (χ3v) is 6.21. The molecule has 0 fully saturated rings. The number of aliphatic hydroxyl groups is 1. The first-order chi connectivity index (χ1) is 15.0. The molecule has 9 heteroatoms. The number of methoxy groups -OCH3 is 1. The molecule has 32 heavy (non-hydrogen) atoms. The lowest BCUT2D eigenvalue weighted by Crippen LogP contribution is -2.27. The van der Waals surface area contributed by atoms with Crippen molar-refractivity contribution in [2.24, 2.45) is 0 Å². The molecule has 1 aliphatic rings. The number of aromatic nitrogens is 3. The Hall–Kier alpha value is -2.91. The van der Waals surface area contributed by atoms with E-state index in [9.17, 15) is 9.90 Å². The predicted octanol–water partition coefficient (Wildman–Crippen LogP) is 4.56. The van der Waals surface area contributed by atoms with E-state index in [1.165, 1.54) is 11.3 Å². The number of ether oxygens (including phenoxy) is 2. The molecule has 0 spiro atoms. The second kappa shape index (κ2) is 8.22. The van der Waals surface area contributed by atoms with Gasteiger partial charge in [-0.15, -0.1) is 11.3 Å². The summed E-state index contributed by atoms with van der Waals surface area (Å²) < 4.78 is 12.4. The van der Waals surface area contributed by atoms with Crippen molar-refractivity contribution in [3.63, 3.8) is 0 Å². The van der Waals surface area contributed by atoms with Gasteiger partial charge in [-0.25, -0.2) is 9.78 Å². The Kier molecular flexibility index (Phi) is 5.72. The SMILES string of the molecule is COc1ccc(Cn2cc3c(n2)C(C)(O)CCc2sc(NC(=O)OC(C)(C)C)nc2-3)cc1. The first kappa shape index (κ1) is 22.3. The summed E-state index contributed by atoms with van der Waals surface area (Å²) in [6.07, 6.45) is 2.53. The van der Waals surface area contributed by atoms with Crippen LogP contribution in [0.3, 0.4) is 0 Å². The van der Waals surface area contributed by atoms with Gasteiger partial charge in [-0.1, -0.05) is 12.1 Å². The number of amides is 1. The number of fused-ring (bicyclic) bond motifs is 3. The summed E-state index contributed by atoms with van der Waals surface area (Å²) in [5.41, 5.74) is 1.53. The van der Waals surface area contributed by atoms with E-state index in [1.807, 2.05) is 55.9 Å². The summed E-state index contributed by atoms with van der Waals surface area (Å²) in [5, 5.41) is 19.0. The minimum atomic E-state index is -1.07. The molecule has 0 aliphatic heterocycles. The number of nitrogens with one attached hydrogen (secondary N) is 1. The number of hydrogen-bond acceptors (Lipinski definition) is 7. The highest BCUT2D eigenvalue weighted by atomic mass is 32.1. The molecule has 2 aromatic heterocycles. The second-order valence-corrected chi connectivity index (χ2v) is 10.2. The smallest absolute Gasteiger partial charge is 0.413 e. The lowest BCUT2D eigenvalue weighted by molar-refractivity contribution is 0.0445.